The van der Waals surface area contributed by atoms with Gasteiger partial charge in [-0.2, -0.15) is 0 Å². The van der Waals surface area contributed by atoms with Gasteiger partial charge in [-0.3, -0.25) is 9.59 Å². The van der Waals surface area contributed by atoms with E-state index in [1.54, 1.807) is 51.1 Å². The van der Waals surface area contributed by atoms with Crippen molar-refractivity contribution in [1.29, 1.82) is 0 Å². The van der Waals surface area contributed by atoms with Gasteiger partial charge in [0.05, 0.1) is 26.0 Å². The second kappa shape index (κ2) is 16.6. The number of β-lactam (4-membered cyclic amide) rings is 1. The van der Waals surface area contributed by atoms with Crippen LogP contribution < -0.4 is 10.6 Å². The highest BCUT2D eigenvalue weighted by Gasteiger charge is 2.64. The van der Waals surface area contributed by atoms with Crippen molar-refractivity contribution in [3.05, 3.63) is 58.0 Å². The van der Waals surface area contributed by atoms with E-state index < -0.39 is 80.9 Å². The molecule has 7 N–H and O–H groups in total. The van der Waals surface area contributed by atoms with Crippen LogP contribution in [0.4, 0.5) is 15.4 Å². The standard InChI is InChI=1S/C21H25N5O8S2.C6H9N3O3.H3O4P/c1-21(2)14(18(29)30)26-16(28)13(17(26)35-21)22-15(27)12(11-7-5-4-6-8-11)23-19(31)24-9-10-25(20(24)32)36(3,33)34;1-5-7-4-6(9(11)12)8(5)2-3-10;1-5(2,3)4/h4-8,12-14,17H,9-10H2,1-3H3,(H,22,27)(H,23,31)(H,29,30);4,10H,2-3H2,1H3;(H3,1,2,3,4)/t12-,13-,14+,17-;;/m1../s1. The summed E-state index contributed by atoms with van der Waals surface area (Å²) in [6, 6.07) is 2.76. The molecule has 0 radical (unpaired) electrons. The molecule has 0 aliphatic carbocycles. The number of sulfonamides is 1. The summed E-state index contributed by atoms with van der Waals surface area (Å²) in [4.78, 5) is 100. The van der Waals surface area contributed by atoms with Crippen LogP contribution in [0.1, 0.15) is 31.3 Å². The number of carboxylic acids is 1. The Kier molecular flexibility index (Phi) is 13.4. The molecule has 3 aliphatic heterocycles. The van der Waals surface area contributed by atoms with Gasteiger partial charge in [0.15, 0.2) is 5.82 Å². The predicted octanol–water partition coefficient (Wildman–Crippen LogP) is -1.07. The number of carbonyl (C=O) groups is 5. The topological polar surface area (TPSA) is 332 Å². The lowest BCUT2D eigenvalue weighted by Crippen LogP contribution is -2.71. The number of amides is 6. The first-order chi connectivity index (χ1) is 24.4. The first-order valence-corrected chi connectivity index (χ1v) is 19.4. The third kappa shape index (κ3) is 10.3. The molecule has 1 aromatic heterocycles. The average Bonchev–Trinajstić information content (AvgIpc) is 3.69. The maximum Gasteiger partial charge on any atom is 0.466 e. The number of nitrogens with one attached hydrogen (secondary N) is 2. The molecule has 23 nitrogen and oxygen atoms in total. The molecule has 4 heterocycles. The van der Waals surface area contributed by atoms with E-state index in [0.717, 1.165) is 6.26 Å². The zero-order valence-electron chi connectivity index (χ0n) is 28.4. The number of aliphatic hydroxyl groups excluding tert-OH is 1. The van der Waals surface area contributed by atoms with E-state index >= 15 is 0 Å². The highest BCUT2D eigenvalue weighted by atomic mass is 32.2. The third-order valence-electron chi connectivity index (χ3n) is 7.80. The Morgan fingerprint density at radius 1 is 1.15 bits per heavy atom. The largest absolute Gasteiger partial charge is 0.480 e. The van der Waals surface area contributed by atoms with Crippen LogP contribution in [-0.2, 0) is 35.5 Å². The summed E-state index contributed by atoms with van der Waals surface area (Å²) in [7, 11) is -8.50. The molecule has 0 unspecified atom stereocenters. The number of carbonyl (C=O) groups excluding carboxylic acids is 4. The summed E-state index contributed by atoms with van der Waals surface area (Å²) in [5.74, 6) is -1.97. The number of aromatic nitrogens is 2. The number of benzene rings is 1. The molecule has 26 heteroatoms. The van der Waals surface area contributed by atoms with E-state index in [9.17, 15) is 47.6 Å². The maximum atomic E-state index is 13.3. The van der Waals surface area contributed by atoms with E-state index in [0.29, 0.717) is 20.6 Å². The normalized spacial score (nSPS) is 20.9. The zero-order valence-corrected chi connectivity index (χ0v) is 30.9. The minimum absolute atomic E-state index is 0.0819. The first kappa shape index (κ1) is 42.8. The quantitative estimate of drug-likeness (QED) is 0.0686. The van der Waals surface area contributed by atoms with Crippen molar-refractivity contribution in [2.24, 2.45) is 0 Å². The van der Waals surface area contributed by atoms with Gasteiger partial charge in [0.1, 0.15) is 36.2 Å². The number of aliphatic carboxylic acids is 1. The molecule has 6 amide bonds. The molecule has 0 spiro atoms. The highest BCUT2D eigenvalue weighted by Crippen LogP contribution is 2.50. The van der Waals surface area contributed by atoms with Gasteiger partial charge in [-0.25, -0.2) is 46.1 Å². The van der Waals surface area contributed by atoms with Gasteiger partial charge in [0, 0.05) is 11.7 Å². The Bertz CT molecular complexity index is 1900. The van der Waals surface area contributed by atoms with Gasteiger partial charge >= 0.3 is 31.7 Å². The van der Waals surface area contributed by atoms with E-state index in [4.69, 9.17) is 24.4 Å². The third-order valence-corrected chi connectivity index (χ3v) is 10.5. The fraction of sp³-hybridized carbons (Fsp3) is 0.481. The fourth-order valence-corrected chi connectivity index (χ4v) is 7.94. The average molecular weight is 809 g/mol. The van der Waals surface area contributed by atoms with Crippen LogP contribution in [0.15, 0.2) is 36.5 Å². The zero-order chi connectivity index (χ0) is 40.2. The number of nitrogens with zero attached hydrogens (tertiary/aromatic N) is 6. The van der Waals surface area contributed by atoms with Gasteiger partial charge in [0.25, 0.3) is 0 Å². The Labute approximate surface area is 305 Å². The minimum atomic E-state index is -4.64. The number of imidazole rings is 1. The highest BCUT2D eigenvalue weighted by molar-refractivity contribution is 8.01. The summed E-state index contributed by atoms with van der Waals surface area (Å²) < 4.78 is 33.6. The van der Waals surface area contributed by atoms with E-state index in [1.807, 2.05) is 0 Å². The number of rotatable bonds is 9. The summed E-state index contributed by atoms with van der Waals surface area (Å²) in [6.07, 6.45) is 2.04. The summed E-state index contributed by atoms with van der Waals surface area (Å²) >= 11 is 1.26. The van der Waals surface area contributed by atoms with Gasteiger partial charge in [-0.05, 0) is 24.3 Å². The first-order valence-electron chi connectivity index (χ1n) is 15.1. The molecule has 0 bridgehead atoms. The molecule has 2 aromatic rings. The fourth-order valence-electron chi connectivity index (χ4n) is 5.52. The maximum absolute atomic E-state index is 13.3. The molecule has 1 aromatic carbocycles. The van der Waals surface area contributed by atoms with Crippen molar-refractivity contribution < 1.29 is 66.8 Å². The van der Waals surface area contributed by atoms with Crippen LogP contribution in [0.2, 0.25) is 0 Å². The lowest BCUT2D eigenvalue weighted by molar-refractivity contribution is -0.392. The molecule has 3 saturated heterocycles. The number of urea groups is 2. The number of hydrogen-bond donors (Lipinski definition) is 7. The lowest BCUT2D eigenvalue weighted by Gasteiger charge is -2.44. The molecule has 292 valence electrons. The number of carboxylic acid groups (broad SMARTS) is 1. The molecule has 5 rings (SSSR count). The molecule has 53 heavy (non-hydrogen) atoms. The van der Waals surface area contributed by atoms with E-state index in [1.165, 1.54) is 27.4 Å². The minimum Gasteiger partial charge on any atom is -0.480 e. The number of aliphatic hydroxyl groups is 1. The second-order valence-corrected chi connectivity index (χ2v) is 16.7. The number of thioether (sulfide) groups is 1. The lowest BCUT2D eigenvalue weighted by atomic mass is 9.95. The summed E-state index contributed by atoms with van der Waals surface area (Å²) in [5, 5.41) is 33.0. The smallest absolute Gasteiger partial charge is 0.466 e. The number of hydrogen-bond acceptors (Lipinski definition) is 13. The molecule has 3 fully saturated rings. The molecule has 0 saturated carbocycles. The monoisotopic (exact) mass is 808 g/mol. The molecule has 4 atom stereocenters. The number of phosphoric acid groups is 1. The van der Waals surface area contributed by atoms with Crippen molar-refractivity contribution in [3.63, 3.8) is 0 Å². The Balaban J connectivity index is 0.000000367. The van der Waals surface area contributed by atoms with Crippen molar-refractivity contribution in [3.8, 4) is 0 Å². The van der Waals surface area contributed by atoms with Gasteiger partial charge < -0.3 is 50.5 Å². The van der Waals surface area contributed by atoms with Crippen molar-refractivity contribution in [2.75, 3.05) is 26.0 Å². The van der Waals surface area contributed by atoms with Crippen LogP contribution in [0.5, 0.6) is 0 Å². The Morgan fingerprint density at radius 3 is 2.23 bits per heavy atom. The summed E-state index contributed by atoms with van der Waals surface area (Å²) in [5.41, 5.74) is 0.362. The number of fused-ring (bicyclic) bond motifs is 1. The Morgan fingerprint density at radius 2 is 1.74 bits per heavy atom. The van der Waals surface area contributed by atoms with Crippen LogP contribution in [0.3, 0.4) is 0 Å². The van der Waals surface area contributed by atoms with Crippen molar-refractivity contribution >= 4 is 65.3 Å². The van der Waals surface area contributed by atoms with Crippen LogP contribution >= 0.6 is 19.6 Å². The second-order valence-electron chi connectivity index (χ2n) is 12.0. The van der Waals surface area contributed by atoms with Crippen LogP contribution in [0, 0.1) is 17.0 Å². The van der Waals surface area contributed by atoms with E-state index in [-0.39, 0.29) is 32.1 Å². The number of aryl methyl sites for hydroxylation is 1. The van der Waals surface area contributed by atoms with Crippen LogP contribution in [-0.4, -0.2) is 140 Å². The summed E-state index contributed by atoms with van der Waals surface area (Å²) in [6.45, 7) is 4.75. The van der Waals surface area contributed by atoms with E-state index in [2.05, 4.69) is 15.6 Å². The Hall–Kier alpha value is -4.65. The number of imide groups is 1. The van der Waals surface area contributed by atoms with Gasteiger partial charge in [-0.15, -0.1) is 11.8 Å². The molecule has 3 aliphatic rings. The van der Waals surface area contributed by atoms with Gasteiger partial charge in [-0.1, -0.05) is 30.3 Å². The predicted molar refractivity (Wildman–Crippen MR) is 182 cm³/mol. The van der Waals surface area contributed by atoms with Gasteiger partial charge in [0.2, 0.25) is 21.8 Å². The molecular weight excluding hydrogens is 771 g/mol. The van der Waals surface area contributed by atoms with Crippen molar-refractivity contribution in [1.82, 2.24) is 34.3 Å². The number of nitro groups is 1. The SMILES string of the molecule is CC1(C)S[C@@H]2[C@H](NC(=O)[C@H](NC(=O)N3CCN(S(C)(=O)=O)C3=O)c3ccccc3)C(=O)N2[C@H]1C(=O)O.Cc1ncc([N+](=O)[O-])n1CCO.O=P(O)(O)O. The van der Waals surface area contributed by atoms with Crippen LogP contribution in [0.25, 0.3) is 0 Å². The molecular formula is C27H37N8O15PS2. The van der Waals surface area contributed by atoms with Crippen molar-refractivity contribution in [2.45, 2.75) is 55.6 Å².